The number of benzene rings is 18. The number of rotatable bonds is 15. The molecule has 0 radical (unpaired) electrons. The van der Waals surface area contributed by atoms with Crippen molar-refractivity contribution in [3.8, 4) is 168 Å². The Balaban J connectivity index is 0.000000119. The molecule has 24 aromatic rings. The van der Waals surface area contributed by atoms with Gasteiger partial charge in [-0.3, -0.25) is 0 Å². The lowest BCUT2D eigenvalue weighted by molar-refractivity contribution is 1.02. The van der Waals surface area contributed by atoms with Crippen LogP contribution in [0.1, 0.15) is 28.7 Å². The summed E-state index contributed by atoms with van der Waals surface area (Å²) in [5, 5.41) is 14.8. The van der Waals surface area contributed by atoms with Gasteiger partial charge >= 0.3 is 0 Å². The fourth-order valence-corrected chi connectivity index (χ4v) is 19.1. The van der Waals surface area contributed by atoms with Crippen LogP contribution >= 0.6 is 0 Å². The standard InChI is InChI=1S/2C43H31N3.C42H29N3/c1-28-21-41(45-29(2)44-28)35-22-34(40-25-32-17-9-10-18-37(32)38-19-11-12-20-39(38)40)23-36(24-35)43-27-33(30-13-5-3-6-14-30)26-42(46-43)31-15-7-4-8-16-31;1-28-21-29(2)45-43(44-28)36-23-33(22-35(24-36)40-25-32-17-9-10-18-37(32)38-19-11-12-20-39(38)40)34-26-41(30-13-5-3-6-14-30)46-42(27-34)31-15-7-4-8-16-31;1-28-43-26-36(27-44-28)33-20-32(21-35(22-33)40-23-31-16-8-9-17-37(31)38-18-10-11-19-39(38)40)34-24-41(29-12-4-2-5-13-29)45-42(25-34)30-14-6-3-7-15-30/h2*3-27H,1-2H3;2-27H,1H3. The summed E-state index contributed by atoms with van der Waals surface area (Å²) in [6, 6.07) is 159. The van der Waals surface area contributed by atoms with Crippen LogP contribution in [0, 0.1) is 34.6 Å². The zero-order valence-electron chi connectivity index (χ0n) is 76.4. The summed E-state index contributed by atoms with van der Waals surface area (Å²) in [5.74, 6) is 2.24. The average Bonchev–Trinajstić information content (AvgIpc) is 0.759. The summed E-state index contributed by atoms with van der Waals surface area (Å²) in [6.07, 6.45) is 3.84. The van der Waals surface area contributed by atoms with Crippen molar-refractivity contribution in [1.82, 2.24) is 44.9 Å². The maximum atomic E-state index is 5.28. The highest BCUT2D eigenvalue weighted by Crippen LogP contribution is 2.46. The Morgan fingerprint density at radius 2 is 0.380 bits per heavy atom. The highest BCUT2D eigenvalue weighted by molar-refractivity contribution is 6.17. The predicted molar refractivity (Wildman–Crippen MR) is 570 cm³/mol. The van der Waals surface area contributed by atoms with Crippen LogP contribution in [0.2, 0.25) is 0 Å². The minimum Gasteiger partial charge on any atom is -0.248 e. The quantitative estimate of drug-likeness (QED) is 0.0925. The van der Waals surface area contributed by atoms with Crippen molar-refractivity contribution >= 4 is 64.6 Å². The van der Waals surface area contributed by atoms with E-state index in [4.69, 9.17) is 29.9 Å². The van der Waals surface area contributed by atoms with E-state index in [2.05, 4.69) is 427 Å². The summed E-state index contributed by atoms with van der Waals surface area (Å²) < 4.78 is 0. The topological polar surface area (TPSA) is 116 Å². The molecule has 0 aliphatic heterocycles. The highest BCUT2D eigenvalue weighted by Gasteiger charge is 2.22. The second-order valence-electron chi connectivity index (χ2n) is 35.0. The monoisotopic (exact) mass is 1750 g/mol. The van der Waals surface area contributed by atoms with Gasteiger partial charge in [0.25, 0.3) is 0 Å². The molecule has 0 amide bonds. The van der Waals surface area contributed by atoms with Gasteiger partial charge in [-0.1, -0.05) is 328 Å². The molecule has 18 aromatic carbocycles. The molecule has 24 rings (SSSR count). The third kappa shape index (κ3) is 18.0. The number of nitrogens with zero attached hydrogens (tertiary/aromatic N) is 9. The van der Waals surface area contributed by atoms with E-state index in [-0.39, 0.29) is 0 Å². The minimum atomic E-state index is 0.728. The molecule has 9 nitrogen and oxygen atoms in total. The maximum Gasteiger partial charge on any atom is 0.159 e. The van der Waals surface area contributed by atoms with Gasteiger partial charge < -0.3 is 0 Å². The fraction of sp³-hybridized carbons (Fsp3) is 0.0391. The van der Waals surface area contributed by atoms with Crippen molar-refractivity contribution in [1.29, 1.82) is 0 Å². The van der Waals surface area contributed by atoms with Gasteiger partial charge in [0.15, 0.2) is 5.82 Å². The third-order valence-electron chi connectivity index (χ3n) is 25.5. The second kappa shape index (κ2) is 37.5. The fourth-order valence-electron chi connectivity index (χ4n) is 19.1. The molecule has 0 saturated heterocycles. The molecule has 0 saturated carbocycles. The van der Waals surface area contributed by atoms with Crippen LogP contribution in [-0.4, -0.2) is 44.9 Å². The molecule has 0 bridgehead atoms. The van der Waals surface area contributed by atoms with Gasteiger partial charge in [0.1, 0.15) is 11.6 Å². The van der Waals surface area contributed by atoms with Gasteiger partial charge in [0.2, 0.25) is 0 Å². The van der Waals surface area contributed by atoms with Crippen molar-refractivity contribution < 1.29 is 0 Å². The number of aromatic nitrogens is 9. The van der Waals surface area contributed by atoms with Crippen molar-refractivity contribution in [2.24, 2.45) is 0 Å². The number of hydrogen-bond donors (Lipinski definition) is 0. The van der Waals surface area contributed by atoms with E-state index in [1.165, 1.54) is 81.3 Å². The molecule has 0 aliphatic carbocycles. The molecule has 0 aliphatic rings. The number of fused-ring (bicyclic) bond motifs is 9. The van der Waals surface area contributed by atoms with Crippen LogP contribution in [-0.2, 0) is 0 Å². The SMILES string of the molecule is Cc1cc(-c2cc(-c3cc(-c4ccccc4)cc(-c4ccccc4)n3)cc(-c3cc4ccccc4c4ccccc34)c2)nc(C)n1.Cc1cc(C)nc(-c2cc(-c3cc(-c4ccccc4)nc(-c4ccccc4)c3)cc(-c3cc4ccccc4c4ccccc34)c2)n1.Cc1ncc(-c2cc(-c3cc(-c4ccccc4)nc(-c4ccccc4)c3)cc(-c3cc4ccccc4c4ccccc34)c2)cn1. The molecule has 0 fully saturated rings. The van der Waals surface area contributed by atoms with E-state index in [1.807, 2.05) is 83.4 Å². The van der Waals surface area contributed by atoms with Gasteiger partial charge in [-0.2, -0.15) is 0 Å². The molecule has 6 aromatic heterocycles. The molecular formula is C128H91N9. The Bertz CT molecular complexity index is 8120. The second-order valence-corrected chi connectivity index (χ2v) is 35.0. The Morgan fingerprint density at radius 3 is 0.730 bits per heavy atom. The van der Waals surface area contributed by atoms with Crippen LogP contribution in [0.3, 0.4) is 0 Å². The van der Waals surface area contributed by atoms with Crippen molar-refractivity contribution in [2.75, 3.05) is 0 Å². The summed E-state index contributed by atoms with van der Waals surface area (Å²) >= 11 is 0. The number of aryl methyl sites for hydroxylation is 5. The van der Waals surface area contributed by atoms with E-state index in [0.29, 0.717) is 0 Å². The lowest BCUT2D eigenvalue weighted by atomic mass is 9.89. The Kier molecular flexibility index (Phi) is 23.2. The van der Waals surface area contributed by atoms with Gasteiger partial charge in [-0.15, -0.1) is 0 Å². The molecule has 6 heterocycles. The maximum absolute atomic E-state index is 5.28. The number of hydrogen-bond acceptors (Lipinski definition) is 9. The van der Waals surface area contributed by atoms with Crippen molar-refractivity contribution in [2.45, 2.75) is 34.6 Å². The lowest BCUT2D eigenvalue weighted by Gasteiger charge is -2.16. The molecule has 137 heavy (non-hydrogen) atoms. The van der Waals surface area contributed by atoms with E-state index in [1.54, 1.807) is 0 Å². The smallest absolute Gasteiger partial charge is 0.159 e. The molecule has 9 heteroatoms. The van der Waals surface area contributed by atoms with Gasteiger partial charge in [-0.25, -0.2) is 44.9 Å². The summed E-state index contributed by atoms with van der Waals surface area (Å²) in [6.45, 7) is 9.95. The molecule has 0 unspecified atom stereocenters. The van der Waals surface area contributed by atoms with Crippen LogP contribution < -0.4 is 0 Å². The van der Waals surface area contributed by atoms with Crippen LogP contribution in [0.15, 0.2) is 461 Å². The van der Waals surface area contributed by atoms with Gasteiger partial charge in [0.05, 0.1) is 39.9 Å². The van der Waals surface area contributed by atoms with E-state index < -0.39 is 0 Å². The summed E-state index contributed by atoms with van der Waals surface area (Å²) in [4.78, 5) is 43.9. The molecular weight excluding hydrogens is 1660 g/mol. The van der Waals surface area contributed by atoms with Gasteiger partial charge in [-0.05, 0) is 293 Å². The molecule has 0 spiro atoms. The van der Waals surface area contributed by atoms with Crippen LogP contribution in [0.25, 0.3) is 233 Å². The normalized spacial score (nSPS) is 11.2. The zero-order chi connectivity index (χ0) is 92.2. The van der Waals surface area contributed by atoms with Gasteiger partial charge in [0, 0.05) is 79.5 Å². The largest absolute Gasteiger partial charge is 0.248 e. The van der Waals surface area contributed by atoms with Crippen LogP contribution in [0.4, 0.5) is 0 Å². The third-order valence-corrected chi connectivity index (χ3v) is 25.5. The van der Waals surface area contributed by atoms with Crippen LogP contribution in [0.5, 0.6) is 0 Å². The Hall–Kier alpha value is -17.8. The summed E-state index contributed by atoms with van der Waals surface area (Å²) in [5.41, 5.74) is 33.5. The van der Waals surface area contributed by atoms with E-state index in [0.717, 1.165) is 180 Å². The minimum absolute atomic E-state index is 0.728. The molecule has 648 valence electrons. The van der Waals surface area contributed by atoms with E-state index >= 15 is 0 Å². The Morgan fingerprint density at radius 1 is 0.139 bits per heavy atom. The van der Waals surface area contributed by atoms with Crippen molar-refractivity contribution in [3.63, 3.8) is 0 Å². The average molecular weight is 1760 g/mol. The molecule has 0 atom stereocenters. The predicted octanol–water partition coefficient (Wildman–Crippen LogP) is 33.1. The molecule has 0 N–H and O–H groups in total. The first kappa shape index (κ1) is 84.7. The lowest BCUT2D eigenvalue weighted by Crippen LogP contribution is -1.96. The first-order valence-electron chi connectivity index (χ1n) is 46.4. The number of pyridine rings is 3. The highest BCUT2D eigenvalue weighted by atomic mass is 14.9. The Labute approximate surface area is 796 Å². The zero-order valence-corrected chi connectivity index (χ0v) is 76.4. The van der Waals surface area contributed by atoms with Crippen molar-refractivity contribution in [3.05, 3.63) is 490 Å². The van der Waals surface area contributed by atoms with E-state index in [9.17, 15) is 0 Å². The first-order chi connectivity index (χ1) is 67.4. The summed E-state index contributed by atoms with van der Waals surface area (Å²) in [7, 11) is 0. The first-order valence-corrected chi connectivity index (χ1v) is 46.4.